The molecule has 1 unspecified atom stereocenters. The van der Waals surface area contributed by atoms with Crippen molar-refractivity contribution in [2.45, 2.75) is 30.7 Å². The van der Waals surface area contributed by atoms with E-state index in [0.717, 1.165) is 24.9 Å². The van der Waals surface area contributed by atoms with Crippen molar-refractivity contribution in [3.05, 3.63) is 23.8 Å². The van der Waals surface area contributed by atoms with Gasteiger partial charge in [-0.1, -0.05) is 6.07 Å². The van der Waals surface area contributed by atoms with Gasteiger partial charge in [-0.25, -0.2) is 8.42 Å². The van der Waals surface area contributed by atoms with Crippen LogP contribution >= 0.6 is 0 Å². The zero-order valence-corrected chi connectivity index (χ0v) is 13.2. The molecule has 6 heteroatoms. The quantitative estimate of drug-likeness (QED) is 0.851. The summed E-state index contributed by atoms with van der Waals surface area (Å²) in [5, 5.41) is 0. The molecule has 0 saturated carbocycles. The highest BCUT2D eigenvalue weighted by Crippen LogP contribution is 2.28. The van der Waals surface area contributed by atoms with E-state index in [2.05, 4.69) is 0 Å². The zero-order valence-electron chi connectivity index (χ0n) is 12.3. The molecule has 0 radical (unpaired) electrons. The van der Waals surface area contributed by atoms with Crippen LogP contribution in [0.3, 0.4) is 0 Å². The van der Waals surface area contributed by atoms with Crippen LogP contribution in [0, 0.1) is 6.92 Å². The predicted octanol–water partition coefficient (Wildman–Crippen LogP) is 1.29. The van der Waals surface area contributed by atoms with E-state index in [1.807, 2.05) is 25.9 Å². The molecule has 112 valence electrons. The fourth-order valence-corrected chi connectivity index (χ4v) is 4.36. The van der Waals surface area contributed by atoms with Gasteiger partial charge in [-0.3, -0.25) is 0 Å². The average Bonchev–Trinajstić information content (AvgIpc) is 2.80. The Balaban J connectivity index is 2.31. The van der Waals surface area contributed by atoms with E-state index < -0.39 is 10.0 Å². The predicted molar refractivity (Wildman–Crippen MR) is 81.1 cm³/mol. The molecule has 2 N–H and O–H groups in total. The van der Waals surface area contributed by atoms with E-state index in [1.54, 1.807) is 22.5 Å². The van der Waals surface area contributed by atoms with E-state index in [4.69, 9.17) is 5.73 Å². The maximum atomic E-state index is 12.7. The van der Waals surface area contributed by atoms with Gasteiger partial charge in [0.05, 0.1) is 4.90 Å². The maximum absolute atomic E-state index is 12.7. The lowest BCUT2D eigenvalue weighted by atomic mass is 10.2. The highest BCUT2D eigenvalue weighted by molar-refractivity contribution is 7.89. The normalized spacial score (nSPS) is 20.7. The van der Waals surface area contributed by atoms with E-state index in [9.17, 15) is 8.42 Å². The Morgan fingerprint density at radius 1 is 1.40 bits per heavy atom. The van der Waals surface area contributed by atoms with Crippen molar-refractivity contribution in [3.8, 4) is 0 Å². The molecular weight excluding hydrogens is 274 g/mol. The molecule has 0 aliphatic carbocycles. The molecule has 0 bridgehead atoms. The number of anilines is 1. The van der Waals surface area contributed by atoms with Crippen molar-refractivity contribution in [1.29, 1.82) is 0 Å². The van der Waals surface area contributed by atoms with E-state index in [1.165, 1.54) is 0 Å². The first-order valence-electron chi connectivity index (χ1n) is 6.85. The van der Waals surface area contributed by atoms with Crippen LogP contribution in [0.1, 0.15) is 18.4 Å². The van der Waals surface area contributed by atoms with E-state index in [-0.39, 0.29) is 6.04 Å². The molecule has 1 atom stereocenters. The third-order valence-corrected chi connectivity index (χ3v) is 5.70. The minimum atomic E-state index is -3.45. The molecule has 1 aromatic rings. The van der Waals surface area contributed by atoms with Gasteiger partial charge in [0.2, 0.25) is 10.0 Å². The summed E-state index contributed by atoms with van der Waals surface area (Å²) in [6.45, 7) is 3.21. The van der Waals surface area contributed by atoms with Crippen molar-refractivity contribution in [3.63, 3.8) is 0 Å². The number of hydrogen-bond acceptors (Lipinski definition) is 4. The van der Waals surface area contributed by atoms with Gasteiger partial charge in [0, 0.05) is 24.8 Å². The lowest BCUT2D eigenvalue weighted by Gasteiger charge is -2.26. The van der Waals surface area contributed by atoms with Crippen LogP contribution in [0.2, 0.25) is 0 Å². The van der Waals surface area contributed by atoms with Gasteiger partial charge in [-0.15, -0.1) is 0 Å². The van der Waals surface area contributed by atoms with Gasteiger partial charge >= 0.3 is 0 Å². The van der Waals surface area contributed by atoms with Crippen molar-refractivity contribution in [2.24, 2.45) is 0 Å². The topological polar surface area (TPSA) is 66.6 Å². The fraction of sp³-hybridized carbons (Fsp3) is 0.571. The van der Waals surface area contributed by atoms with Crippen LogP contribution in [-0.2, 0) is 10.0 Å². The van der Waals surface area contributed by atoms with Crippen LogP contribution in [0.15, 0.2) is 23.1 Å². The summed E-state index contributed by atoms with van der Waals surface area (Å²) in [6, 6.07) is 5.03. The summed E-state index contributed by atoms with van der Waals surface area (Å²) in [4.78, 5) is 2.33. The molecule has 1 heterocycles. The van der Waals surface area contributed by atoms with Crippen LogP contribution in [0.5, 0.6) is 0 Å². The molecule has 0 spiro atoms. The first-order valence-corrected chi connectivity index (χ1v) is 8.29. The second-order valence-corrected chi connectivity index (χ2v) is 7.58. The van der Waals surface area contributed by atoms with Gasteiger partial charge in [-0.2, -0.15) is 4.31 Å². The number of aryl methyl sites for hydroxylation is 1. The monoisotopic (exact) mass is 297 g/mol. The van der Waals surface area contributed by atoms with E-state index in [0.29, 0.717) is 17.1 Å². The molecule has 2 rings (SSSR count). The van der Waals surface area contributed by atoms with Crippen LogP contribution in [0.25, 0.3) is 0 Å². The molecule has 20 heavy (non-hydrogen) atoms. The zero-order chi connectivity index (χ0) is 14.9. The Kier molecular flexibility index (Phi) is 4.36. The lowest BCUT2D eigenvalue weighted by molar-refractivity contribution is 0.291. The van der Waals surface area contributed by atoms with Gasteiger partial charge in [0.15, 0.2) is 0 Å². The number of nitrogens with zero attached hydrogens (tertiary/aromatic N) is 2. The number of benzene rings is 1. The summed E-state index contributed by atoms with van der Waals surface area (Å²) in [5.74, 6) is 0. The summed E-state index contributed by atoms with van der Waals surface area (Å²) in [7, 11) is 0.484. The van der Waals surface area contributed by atoms with Gasteiger partial charge < -0.3 is 10.6 Å². The van der Waals surface area contributed by atoms with Crippen molar-refractivity contribution < 1.29 is 8.42 Å². The lowest BCUT2D eigenvalue weighted by Crippen LogP contribution is -2.41. The summed E-state index contributed by atoms with van der Waals surface area (Å²) >= 11 is 0. The van der Waals surface area contributed by atoms with Crippen molar-refractivity contribution >= 4 is 15.7 Å². The molecule has 1 fully saturated rings. The third kappa shape index (κ3) is 2.97. The highest BCUT2D eigenvalue weighted by atomic mass is 32.2. The number of nitrogen functional groups attached to an aromatic ring is 1. The van der Waals surface area contributed by atoms with E-state index >= 15 is 0 Å². The Morgan fingerprint density at radius 2 is 2.10 bits per heavy atom. The second kappa shape index (κ2) is 5.71. The van der Waals surface area contributed by atoms with Gasteiger partial charge in [0.25, 0.3) is 0 Å². The van der Waals surface area contributed by atoms with Crippen molar-refractivity contribution in [1.82, 2.24) is 9.21 Å². The van der Waals surface area contributed by atoms with Crippen LogP contribution in [0.4, 0.5) is 5.69 Å². The molecule has 1 saturated heterocycles. The maximum Gasteiger partial charge on any atom is 0.243 e. The largest absolute Gasteiger partial charge is 0.398 e. The molecular formula is C14H23N3O2S. The summed E-state index contributed by atoms with van der Waals surface area (Å²) in [5.41, 5.74) is 7.26. The Bertz CT molecular complexity index is 584. The van der Waals surface area contributed by atoms with Gasteiger partial charge in [0.1, 0.15) is 0 Å². The molecule has 1 aliphatic rings. The van der Waals surface area contributed by atoms with Gasteiger partial charge in [-0.05, 0) is 51.6 Å². The SMILES string of the molecule is Cc1ccc(S(=O)(=O)N2CCCC2CN(C)C)cc1N. The Labute approximate surface area is 121 Å². The Morgan fingerprint density at radius 3 is 2.70 bits per heavy atom. The standard InChI is InChI=1S/C14H23N3O2S/c1-11-6-7-13(9-14(11)15)20(18,19)17-8-4-5-12(17)10-16(2)3/h6-7,9,12H,4-5,8,10,15H2,1-3H3. The number of likely N-dealkylation sites (N-methyl/N-ethyl adjacent to an activating group) is 1. The number of sulfonamides is 1. The molecule has 0 amide bonds. The molecule has 0 aromatic heterocycles. The second-order valence-electron chi connectivity index (χ2n) is 5.69. The van der Waals surface area contributed by atoms with Crippen molar-refractivity contribution in [2.75, 3.05) is 32.9 Å². The molecule has 1 aromatic carbocycles. The first kappa shape index (κ1) is 15.3. The number of hydrogen-bond donors (Lipinski definition) is 1. The minimum Gasteiger partial charge on any atom is -0.398 e. The summed E-state index contributed by atoms with van der Waals surface area (Å²) in [6.07, 6.45) is 1.83. The average molecular weight is 297 g/mol. The fourth-order valence-electron chi connectivity index (χ4n) is 2.64. The summed E-state index contributed by atoms with van der Waals surface area (Å²) < 4.78 is 27.1. The smallest absolute Gasteiger partial charge is 0.243 e. The minimum absolute atomic E-state index is 0.0533. The molecule has 1 aliphatic heterocycles. The highest BCUT2D eigenvalue weighted by Gasteiger charge is 2.35. The first-order chi connectivity index (χ1) is 9.32. The van der Waals surface area contributed by atoms with Crippen LogP contribution < -0.4 is 5.73 Å². The number of nitrogens with two attached hydrogens (primary N) is 1. The number of rotatable bonds is 4. The Hall–Kier alpha value is -1.11. The third-order valence-electron chi connectivity index (χ3n) is 3.76. The van der Waals surface area contributed by atoms with Crippen LogP contribution in [-0.4, -0.2) is 50.8 Å². The molecule has 5 nitrogen and oxygen atoms in total.